The van der Waals surface area contributed by atoms with E-state index in [1.807, 2.05) is 0 Å². The van der Waals surface area contributed by atoms with Crippen LogP contribution in [0.5, 0.6) is 0 Å². The second-order valence-corrected chi connectivity index (χ2v) is 9.63. The molecule has 1 amide bonds. The fourth-order valence-electron chi connectivity index (χ4n) is 3.60. The molecule has 1 aromatic rings. The molecule has 1 fully saturated rings. The summed E-state index contributed by atoms with van der Waals surface area (Å²) >= 11 is 1.73. The van der Waals surface area contributed by atoms with E-state index in [0.717, 1.165) is 12.3 Å². The molecule has 1 aromatic carbocycles. The van der Waals surface area contributed by atoms with E-state index < -0.39 is 0 Å². The molecule has 0 aromatic heterocycles. The lowest BCUT2D eigenvalue weighted by atomic mass is 9.84. The summed E-state index contributed by atoms with van der Waals surface area (Å²) in [6, 6.07) is 4.62. The molecule has 0 saturated heterocycles. The van der Waals surface area contributed by atoms with Crippen LogP contribution in [-0.2, 0) is 16.0 Å². The molecule has 1 aliphatic carbocycles. The van der Waals surface area contributed by atoms with Crippen LogP contribution < -0.4 is 5.32 Å². The number of hydrogen-bond donors (Lipinski definition) is 1. The quantitative estimate of drug-likeness (QED) is 0.721. The molecule has 0 unspecified atom stereocenters. The highest BCUT2D eigenvalue weighted by molar-refractivity contribution is 7.99. The Balaban J connectivity index is 1.80. The predicted octanol–water partition coefficient (Wildman–Crippen LogP) is 5.53. The first-order chi connectivity index (χ1) is 11.8. The molecule has 1 N–H and O–H groups in total. The van der Waals surface area contributed by atoms with Gasteiger partial charge in [-0.2, -0.15) is 0 Å². The molecule has 0 bridgehead atoms. The van der Waals surface area contributed by atoms with E-state index >= 15 is 0 Å². The second kappa shape index (κ2) is 9.12. The number of carbonyl (C=O) groups excluding carboxylic acids is 1. The Labute approximate surface area is 158 Å². The Morgan fingerprint density at radius 3 is 2.28 bits per heavy atom. The van der Waals surface area contributed by atoms with Crippen molar-refractivity contribution in [2.45, 2.75) is 77.9 Å². The van der Waals surface area contributed by atoms with Crippen molar-refractivity contribution < 1.29 is 4.79 Å². The summed E-state index contributed by atoms with van der Waals surface area (Å²) in [6.45, 7) is 12.0. The number of thioether (sulfide) groups is 1. The van der Waals surface area contributed by atoms with Crippen molar-refractivity contribution in [1.29, 1.82) is 0 Å². The molecule has 140 valence electrons. The lowest BCUT2D eigenvalue weighted by Gasteiger charge is -2.22. The first kappa shape index (κ1) is 20.4. The largest absolute Gasteiger partial charge is 0.355 e. The highest BCUT2D eigenvalue weighted by Gasteiger charge is 2.17. The first-order valence-electron chi connectivity index (χ1n) is 9.72. The third kappa shape index (κ3) is 6.36. The molecule has 0 aliphatic heterocycles. The smallest absolute Gasteiger partial charge is 0.230 e. The monoisotopic (exact) mass is 361 g/mol. The van der Waals surface area contributed by atoms with E-state index in [2.05, 4.69) is 52.1 Å². The summed E-state index contributed by atoms with van der Waals surface area (Å²) in [5, 5.41) is 3.14. The Hall–Kier alpha value is -0.960. The minimum atomic E-state index is 0.181. The van der Waals surface area contributed by atoms with Gasteiger partial charge in [-0.1, -0.05) is 52.2 Å². The molecule has 1 aliphatic rings. The van der Waals surface area contributed by atoms with Crippen LogP contribution in [-0.4, -0.2) is 18.2 Å². The highest BCUT2D eigenvalue weighted by atomic mass is 32.2. The number of rotatable bonds is 6. The third-order valence-electron chi connectivity index (χ3n) is 5.35. The Bertz CT molecular complexity index is 559. The average Bonchev–Trinajstić information content (AvgIpc) is 2.55. The summed E-state index contributed by atoms with van der Waals surface area (Å²) in [4.78, 5) is 12.1. The van der Waals surface area contributed by atoms with Crippen LogP contribution in [0.2, 0.25) is 0 Å². The van der Waals surface area contributed by atoms with Crippen molar-refractivity contribution >= 4 is 17.7 Å². The standard InChI is InChI=1S/C22H35NOS/c1-16-11-19(22(3,4)5)12-17(2)20(16)14-25-15-21(24)23-13-18-9-7-6-8-10-18/h11-12,18H,6-10,13-15H2,1-5H3,(H,23,24). The number of aryl methyl sites for hydroxylation is 2. The molecule has 2 rings (SSSR count). The minimum absolute atomic E-state index is 0.181. The van der Waals surface area contributed by atoms with Crippen LogP contribution in [0.4, 0.5) is 0 Å². The minimum Gasteiger partial charge on any atom is -0.355 e. The summed E-state index contributed by atoms with van der Waals surface area (Å²) in [5.41, 5.74) is 5.65. The fraction of sp³-hybridized carbons (Fsp3) is 0.682. The van der Waals surface area contributed by atoms with Gasteiger partial charge in [0.25, 0.3) is 0 Å². The van der Waals surface area contributed by atoms with Gasteiger partial charge in [-0.15, -0.1) is 11.8 Å². The summed E-state index contributed by atoms with van der Waals surface area (Å²) in [5.74, 6) is 2.38. The van der Waals surface area contributed by atoms with Crippen LogP contribution in [0.1, 0.15) is 75.1 Å². The van der Waals surface area contributed by atoms with Crippen molar-refractivity contribution in [3.05, 3.63) is 34.4 Å². The average molecular weight is 362 g/mol. The zero-order valence-electron chi connectivity index (χ0n) is 16.7. The van der Waals surface area contributed by atoms with Gasteiger partial charge in [0.1, 0.15) is 0 Å². The summed E-state index contributed by atoms with van der Waals surface area (Å²) < 4.78 is 0. The predicted molar refractivity (Wildman–Crippen MR) is 110 cm³/mol. The van der Waals surface area contributed by atoms with Crippen molar-refractivity contribution in [2.24, 2.45) is 5.92 Å². The van der Waals surface area contributed by atoms with Crippen LogP contribution in [0.3, 0.4) is 0 Å². The van der Waals surface area contributed by atoms with Crippen molar-refractivity contribution in [2.75, 3.05) is 12.3 Å². The van der Waals surface area contributed by atoms with Gasteiger partial charge in [-0.05, 0) is 60.3 Å². The van der Waals surface area contributed by atoms with E-state index in [9.17, 15) is 4.79 Å². The fourth-order valence-corrected chi connectivity index (χ4v) is 4.65. The number of carbonyl (C=O) groups is 1. The molecule has 0 spiro atoms. The van der Waals surface area contributed by atoms with Gasteiger partial charge in [-0.3, -0.25) is 4.79 Å². The Morgan fingerprint density at radius 2 is 1.72 bits per heavy atom. The molecule has 25 heavy (non-hydrogen) atoms. The van der Waals surface area contributed by atoms with Crippen molar-refractivity contribution in [1.82, 2.24) is 5.32 Å². The molecular weight excluding hydrogens is 326 g/mol. The van der Waals surface area contributed by atoms with E-state index in [4.69, 9.17) is 0 Å². The van der Waals surface area contributed by atoms with E-state index in [-0.39, 0.29) is 11.3 Å². The van der Waals surface area contributed by atoms with Gasteiger partial charge in [-0.25, -0.2) is 0 Å². The van der Waals surface area contributed by atoms with Crippen LogP contribution in [0.15, 0.2) is 12.1 Å². The van der Waals surface area contributed by atoms with Crippen molar-refractivity contribution in [3.8, 4) is 0 Å². The SMILES string of the molecule is Cc1cc(C(C)(C)C)cc(C)c1CSCC(=O)NCC1CCCCC1. The maximum atomic E-state index is 12.1. The van der Waals surface area contributed by atoms with Gasteiger partial charge >= 0.3 is 0 Å². The molecular formula is C22H35NOS. The number of hydrogen-bond acceptors (Lipinski definition) is 2. The summed E-state index contributed by atoms with van der Waals surface area (Å²) in [6.07, 6.45) is 6.60. The molecule has 0 atom stereocenters. The molecule has 3 heteroatoms. The zero-order valence-corrected chi connectivity index (χ0v) is 17.5. The highest BCUT2D eigenvalue weighted by Crippen LogP contribution is 2.29. The topological polar surface area (TPSA) is 29.1 Å². The normalized spacial score (nSPS) is 16.0. The lowest BCUT2D eigenvalue weighted by molar-refractivity contribution is -0.118. The zero-order chi connectivity index (χ0) is 18.4. The van der Waals surface area contributed by atoms with Crippen molar-refractivity contribution in [3.63, 3.8) is 0 Å². The van der Waals surface area contributed by atoms with E-state index in [0.29, 0.717) is 11.7 Å². The third-order valence-corrected chi connectivity index (χ3v) is 6.31. The Kier molecular flexibility index (Phi) is 7.42. The number of benzene rings is 1. The van der Waals surface area contributed by atoms with E-state index in [1.165, 1.54) is 54.4 Å². The van der Waals surface area contributed by atoms with E-state index in [1.54, 1.807) is 11.8 Å². The van der Waals surface area contributed by atoms with Gasteiger partial charge in [0.15, 0.2) is 0 Å². The summed E-state index contributed by atoms with van der Waals surface area (Å²) in [7, 11) is 0. The van der Waals surface area contributed by atoms with Gasteiger partial charge in [0.2, 0.25) is 5.91 Å². The van der Waals surface area contributed by atoms with Gasteiger partial charge in [0.05, 0.1) is 5.75 Å². The van der Waals surface area contributed by atoms with Crippen LogP contribution in [0.25, 0.3) is 0 Å². The Morgan fingerprint density at radius 1 is 1.12 bits per heavy atom. The molecule has 1 saturated carbocycles. The van der Waals surface area contributed by atoms with Crippen LogP contribution in [0, 0.1) is 19.8 Å². The molecule has 2 nitrogen and oxygen atoms in total. The van der Waals surface area contributed by atoms with Gasteiger partial charge in [0, 0.05) is 12.3 Å². The first-order valence-corrected chi connectivity index (χ1v) is 10.9. The maximum absolute atomic E-state index is 12.1. The molecule has 0 radical (unpaired) electrons. The second-order valence-electron chi connectivity index (χ2n) is 8.64. The maximum Gasteiger partial charge on any atom is 0.230 e. The number of amides is 1. The van der Waals surface area contributed by atoms with Crippen LogP contribution >= 0.6 is 11.8 Å². The van der Waals surface area contributed by atoms with Gasteiger partial charge < -0.3 is 5.32 Å². The molecule has 0 heterocycles. The lowest BCUT2D eigenvalue weighted by Crippen LogP contribution is -2.31. The number of nitrogens with one attached hydrogen (secondary N) is 1.